The molecule has 4 aliphatic carbocycles. The summed E-state index contributed by atoms with van der Waals surface area (Å²) in [7, 11) is 0. The molecule has 0 radical (unpaired) electrons. The van der Waals surface area contributed by atoms with Crippen molar-refractivity contribution in [3.63, 3.8) is 0 Å². The van der Waals surface area contributed by atoms with Gasteiger partial charge in [0.1, 0.15) is 0 Å². The van der Waals surface area contributed by atoms with Crippen LogP contribution in [0.2, 0.25) is 0 Å². The van der Waals surface area contributed by atoms with E-state index in [-0.39, 0.29) is 5.41 Å². The van der Waals surface area contributed by atoms with Crippen LogP contribution >= 0.6 is 0 Å². The Hall–Kier alpha value is -0.530. The number of carbonyl (C=O) groups is 1. The highest BCUT2D eigenvalue weighted by Gasteiger charge is 2.59. The van der Waals surface area contributed by atoms with E-state index >= 15 is 0 Å². The Balaban J connectivity index is 2.01. The summed E-state index contributed by atoms with van der Waals surface area (Å²) in [6.07, 6.45) is 5.88. The molecule has 4 rings (SSSR count). The zero-order chi connectivity index (χ0) is 9.92. The molecular weight excluding hydrogens is 176 g/mol. The van der Waals surface area contributed by atoms with Gasteiger partial charge in [0.2, 0.25) is 0 Å². The number of carboxylic acids is 1. The van der Waals surface area contributed by atoms with Crippen molar-refractivity contribution in [2.45, 2.75) is 39.0 Å². The molecule has 4 aliphatic rings. The highest BCUT2D eigenvalue weighted by molar-refractivity contribution is 5.75. The molecule has 0 aromatic heterocycles. The second-order valence-electron chi connectivity index (χ2n) is 5.86. The SMILES string of the molecule is CC1C2CC3CC(C2)CC1(C(=O)O)C3. The third kappa shape index (κ3) is 0.896. The van der Waals surface area contributed by atoms with Gasteiger partial charge < -0.3 is 5.11 Å². The lowest BCUT2D eigenvalue weighted by Crippen LogP contribution is -2.55. The fourth-order valence-electron chi connectivity index (χ4n) is 4.66. The number of aliphatic carboxylic acids is 1. The van der Waals surface area contributed by atoms with Crippen molar-refractivity contribution < 1.29 is 9.90 Å². The zero-order valence-electron chi connectivity index (χ0n) is 8.70. The van der Waals surface area contributed by atoms with E-state index in [1.54, 1.807) is 0 Å². The molecular formula is C12H18O2. The van der Waals surface area contributed by atoms with Crippen LogP contribution in [0.5, 0.6) is 0 Å². The Morgan fingerprint density at radius 2 is 1.79 bits per heavy atom. The summed E-state index contributed by atoms with van der Waals surface area (Å²) in [5, 5.41) is 9.45. The predicted molar refractivity (Wildman–Crippen MR) is 52.8 cm³/mol. The van der Waals surface area contributed by atoms with Gasteiger partial charge in [0, 0.05) is 0 Å². The van der Waals surface area contributed by atoms with Crippen LogP contribution in [0.1, 0.15) is 39.0 Å². The Kier molecular flexibility index (Phi) is 1.58. The molecule has 0 aromatic carbocycles. The van der Waals surface area contributed by atoms with E-state index in [0.29, 0.717) is 5.92 Å². The van der Waals surface area contributed by atoms with E-state index in [4.69, 9.17) is 0 Å². The summed E-state index contributed by atoms with van der Waals surface area (Å²) in [6, 6.07) is 0. The smallest absolute Gasteiger partial charge is 0.309 e. The van der Waals surface area contributed by atoms with Crippen LogP contribution in [-0.4, -0.2) is 11.1 Å². The molecule has 4 fully saturated rings. The van der Waals surface area contributed by atoms with E-state index in [1.807, 2.05) is 0 Å². The average Bonchev–Trinajstić information content (AvgIpc) is 2.12. The van der Waals surface area contributed by atoms with Gasteiger partial charge in [0.05, 0.1) is 5.41 Å². The Morgan fingerprint density at radius 1 is 1.21 bits per heavy atom. The first-order chi connectivity index (χ1) is 6.62. The molecule has 0 amide bonds. The van der Waals surface area contributed by atoms with Gasteiger partial charge in [0.15, 0.2) is 0 Å². The molecule has 78 valence electrons. The summed E-state index contributed by atoms with van der Waals surface area (Å²) >= 11 is 0. The molecule has 0 saturated heterocycles. The molecule has 3 unspecified atom stereocenters. The van der Waals surface area contributed by atoms with Crippen LogP contribution in [0.3, 0.4) is 0 Å². The maximum Gasteiger partial charge on any atom is 0.309 e. The highest BCUT2D eigenvalue weighted by Crippen LogP contribution is 2.62. The quantitative estimate of drug-likeness (QED) is 0.696. The lowest BCUT2D eigenvalue weighted by molar-refractivity contribution is -0.175. The van der Waals surface area contributed by atoms with Gasteiger partial charge in [-0.15, -0.1) is 0 Å². The maximum absolute atomic E-state index is 11.5. The third-order valence-corrected chi connectivity index (χ3v) is 5.25. The predicted octanol–water partition coefficient (Wildman–Crippen LogP) is 2.53. The molecule has 2 heteroatoms. The molecule has 14 heavy (non-hydrogen) atoms. The van der Waals surface area contributed by atoms with Gasteiger partial charge in [0.25, 0.3) is 0 Å². The van der Waals surface area contributed by atoms with Gasteiger partial charge in [-0.1, -0.05) is 6.92 Å². The minimum atomic E-state index is -0.510. The molecule has 0 spiro atoms. The molecule has 0 aliphatic heterocycles. The number of rotatable bonds is 1. The normalized spacial score (nSPS) is 54.9. The highest BCUT2D eigenvalue weighted by atomic mass is 16.4. The van der Waals surface area contributed by atoms with Gasteiger partial charge in [-0.25, -0.2) is 0 Å². The summed E-state index contributed by atoms with van der Waals surface area (Å²) in [5.74, 6) is 2.11. The van der Waals surface area contributed by atoms with Gasteiger partial charge in [-0.3, -0.25) is 4.79 Å². The first-order valence-electron chi connectivity index (χ1n) is 5.85. The fourth-order valence-corrected chi connectivity index (χ4v) is 4.66. The standard InChI is InChI=1S/C12H18O2/c1-7-10-3-8-2-9(4-10)6-12(7,5-8)11(13)14/h7-10H,2-6H2,1H3,(H,13,14). The Bertz CT molecular complexity index is 270. The van der Waals surface area contributed by atoms with Gasteiger partial charge in [-0.05, 0) is 55.8 Å². The Morgan fingerprint density at radius 3 is 2.29 bits per heavy atom. The molecule has 2 nitrogen and oxygen atoms in total. The van der Waals surface area contributed by atoms with Crippen LogP contribution < -0.4 is 0 Å². The van der Waals surface area contributed by atoms with E-state index in [0.717, 1.165) is 30.6 Å². The van der Waals surface area contributed by atoms with Crippen molar-refractivity contribution >= 4 is 5.97 Å². The molecule has 4 saturated carbocycles. The topological polar surface area (TPSA) is 37.3 Å². The van der Waals surface area contributed by atoms with Crippen LogP contribution in [0.15, 0.2) is 0 Å². The van der Waals surface area contributed by atoms with E-state index < -0.39 is 5.97 Å². The lowest BCUT2D eigenvalue weighted by Gasteiger charge is -2.58. The number of hydrogen-bond acceptors (Lipinski definition) is 1. The third-order valence-electron chi connectivity index (χ3n) is 5.25. The fraction of sp³-hybridized carbons (Fsp3) is 0.917. The number of carboxylic acid groups (broad SMARTS) is 1. The van der Waals surface area contributed by atoms with Crippen molar-refractivity contribution in [3.8, 4) is 0 Å². The first-order valence-corrected chi connectivity index (χ1v) is 5.85. The van der Waals surface area contributed by atoms with Crippen molar-refractivity contribution in [1.29, 1.82) is 0 Å². The summed E-state index contributed by atoms with van der Waals surface area (Å²) in [4.78, 5) is 11.5. The summed E-state index contributed by atoms with van der Waals surface area (Å²) in [6.45, 7) is 2.18. The van der Waals surface area contributed by atoms with Crippen molar-refractivity contribution in [1.82, 2.24) is 0 Å². The van der Waals surface area contributed by atoms with Crippen molar-refractivity contribution in [2.24, 2.45) is 29.1 Å². The minimum absolute atomic E-state index is 0.325. The van der Waals surface area contributed by atoms with Crippen LogP contribution in [0.25, 0.3) is 0 Å². The van der Waals surface area contributed by atoms with Crippen LogP contribution in [0.4, 0.5) is 0 Å². The van der Waals surface area contributed by atoms with Gasteiger partial charge in [-0.2, -0.15) is 0 Å². The average molecular weight is 194 g/mol. The Labute approximate surface area is 84.7 Å². The zero-order valence-corrected chi connectivity index (χ0v) is 8.70. The second kappa shape index (κ2) is 2.53. The molecule has 4 bridgehead atoms. The summed E-state index contributed by atoms with van der Waals surface area (Å²) in [5.41, 5.74) is -0.325. The van der Waals surface area contributed by atoms with Crippen LogP contribution in [0, 0.1) is 29.1 Å². The second-order valence-corrected chi connectivity index (χ2v) is 5.86. The minimum Gasteiger partial charge on any atom is -0.481 e. The van der Waals surface area contributed by atoms with E-state index in [2.05, 4.69) is 6.92 Å². The molecule has 1 N–H and O–H groups in total. The molecule has 0 heterocycles. The van der Waals surface area contributed by atoms with Crippen molar-refractivity contribution in [2.75, 3.05) is 0 Å². The monoisotopic (exact) mass is 194 g/mol. The van der Waals surface area contributed by atoms with Crippen LogP contribution in [-0.2, 0) is 4.79 Å². The van der Waals surface area contributed by atoms with Gasteiger partial charge >= 0.3 is 5.97 Å². The van der Waals surface area contributed by atoms with E-state index in [1.165, 1.54) is 19.3 Å². The largest absolute Gasteiger partial charge is 0.481 e. The first kappa shape index (κ1) is 8.75. The van der Waals surface area contributed by atoms with Crippen molar-refractivity contribution in [3.05, 3.63) is 0 Å². The number of hydrogen-bond donors (Lipinski definition) is 1. The summed E-state index contributed by atoms with van der Waals surface area (Å²) < 4.78 is 0. The maximum atomic E-state index is 11.5. The molecule has 3 atom stereocenters. The lowest BCUT2D eigenvalue weighted by atomic mass is 9.45. The molecule has 0 aromatic rings. The van der Waals surface area contributed by atoms with E-state index in [9.17, 15) is 9.90 Å².